The van der Waals surface area contributed by atoms with E-state index in [0.717, 1.165) is 6.04 Å². The zero-order valence-electron chi connectivity index (χ0n) is 9.52. The standard InChI is InChI=1S/C13H20N2/c1-11-7-9-14(10-11)13-4-2-3-8-15(13)12-5-6-12/h7,9-10,12-13H,2-6,8H2,1H3. The van der Waals surface area contributed by atoms with Gasteiger partial charge in [0.25, 0.3) is 0 Å². The Balaban J connectivity index is 1.81. The molecule has 0 aromatic carbocycles. The Kier molecular flexibility index (Phi) is 2.32. The number of rotatable bonds is 2. The molecule has 0 N–H and O–H groups in total. The minimum Gasteiger partial charge on any atom is -0.338 e. The average molecular weight is 204 g/mol. The molecule has 0 amide bonds. The van der Waals surface area contributed by atoms with E-state index >= 15 is 0 Å². The van der Waals surface area contributed by atoms with Crippen molar-refractivity contribution in [3.8, 4) is 0 Å². The summed E-state index contributed by atoms with van der Waals surface area (Å²) in [6, 6.07) is 3.12. The molecular formula is C13H20N2. The molecule has 0 bridgehead atoms. The summed E-state index contributed by atoms with van der Waals surface area (Å²) in [6.45, 7) is 3.49. The molecule has 1 aromatic heterocycles. The van der Waals surface area contributed by atoms with Gasteiger partial charge in [0.1, 0.15) is 0 Å². The summed E-state index contributed by atoms with van der Waals surface area (Å²) in [6.07, 6.45) is 12.2. The van der Waals surface area contributed by atoms with Gasteiger partial charge in [0.2, 0.25) is 0 Å². The highest BCUT2D eigenvalue weighted by Gasteiger charge is 2.35. The molecule has 2 heterocycles. The smallest absolute Gasteiger partial charge is 0.0860 e. The van der Waals surface area contributed by atoms with Crippen molar-refractivity contribution in [3.05, 3.63) is 24.0 Å². The molecular weight excluding hydrogens is 184 g/mol. The molecule has 2 heteroatoms. The van der Waals surface area contributed by atoms with Crippen LogP contribution in [0.3, 0.4) is 0 Å². The molecule has 2 nitrogen and oxygen atoms in total. The second-order valence-electron chi connectivity index (χ2n) is 5.08. The van der Waals surface area contributed by atoms with Crippen LogP contribution >= 0.6 is 0 Å². The van der Waals surface area contributed by atoms with Crippen LogP contribution in [0.25, 0.3) is 0 Å². The maximum atomic E-state index is 2.73. The molecule has 1 saturated carbocycles. The normalized spacial score (nSPS) is 28.2. The van der Waals surface area contributed by atoms with Crippen LogP contribution in [-0.4, -0.2) is 22.1 Å². The fourth-order valence-corrected chi connectivity index (χ4v) is 2.80. The Morgan fingerprint density at radius 3 is 2.73 bits per heavy atom. The van der Waals surface area contributed by atoms with Gasteiger partial charge in [0.05, 0.1) is 6.17 Å². The molecule has 82 valence electrons. The highest BCUT2D eigenvalue weighted by Crippen LogP contribution is 2.37. The van der Waals surface area contributed by atoms with E-state index in [0.29, 0.717) is 6.17 Å². The van der Waals surface area contributed by atoms with Crippen molar-refractivity contribution >= 4 is 0 Å². The lowest BCUT2D eigenvalue weighted by molar-refractivity contribution is 0.0872. The minimum absolute atomic E-state index is 0.653. The molecule has 1 aliphatic carbocycles. The Labute approximate surface area is 91.9 Å². The van der Waals surface area contributed by atoms with Crippen LogP contribution in [0.2, 0.25) is 0 Å². The Bertz CT molecular complexity index is 338. The van der Waals surface area contributed by atoms with Gasteiger partial charge in [-0.1, -0.05) is 0 Å². The molecule has 2 aliphatic rings. The predicted molar refractivity (Wildman–Crippen MR) is 61.8 cm³/mol. The quantitative estimate of drug-likeness (QED) is 0.719. The predicted octanol–water partition coefficient (Wildman–Crippen LogP) is 2.94. The lowest BCUT2D eigenvalue weighted by Crippen LogP contribution is -2.37. The first kappa shape index (κ1) is 9.46. The molecule has 2 fully saturated rings. The fraction of sp³-hybridized carbons (Fsp3) is 0.692. The topological polar surface area (TPSA) is 8.17 Å². The van der Waals surface area contributed by atoms with Crippen molar-refractivity contribution < 1.29 is 0 Å². The maximum absolute atomic E-state index is 2.73. The summed E-state index contributed by atoms with van der Waals surface area (Å²) in [5.41, 5.74) is 1.39. The van der Waals surface area contributed by atoms with Crippen molar-refractivity contribution in [1.82, 2.24) is 9.47 Å². The summed E-state index contributed by atoms with van der Waals surface area (Å²) in [7, 11) is 0. The van der Waals surface area contributed by atoms with Crippen molar-refractivity contribution in [2.24, 2.45) is 0 Å². The SMILES string of the molecule is Cc1ccn(C2CCCCN2C2CC2)c1. The molecule has 1 saturated heterocycles. The first-order valence-corrected chi connectivity index (χ1v) is 6.24. The zero-order chi connectivity index (χ0) is 10.3. The lowest BCUT2D eigenvalue weighted by Gasteiger charge is -2.36. The van der Waals surface area contributed by atoms with Crippen molar-refractivity contribution in [2.45, 2.75) is 51.2 Å². The molecule has 1 atom stereocenters. The van der Waals surface area contributed by atoms with Gasteiger partial charge in [-0.05, 0) is 50.7 Å². The second-order valence-corrected chi connectivity index (χ2v) is 5.08. The third-order valence-electron chi connectivity index (χ3n) is 3.73. The van der Waals surface area contributed by atoms with E-state index in [1.54, 1.807) is 0 Å². The number of aryl methyl sites for hydroxylation is 1. The zero-order valence-corrected chi connectivity index (χ0v) is 9.52. The molecule has 1 aliphatic heterocycles. The number of nitrogens with zero attached hydrogens (tertiary/aromatic N) is 2. The number of piperidine rings is 1. The van der Waals surface area contributed by atoms with Gasteiger partial charge in [-0.15, -0.1) is 0 Å². The van der Waals surface area contributed by atoms with E-state index < -0.39 is 0 Å². The summed E-state index contributed by atoms with van der Waals surface area (Å²) < 4.78 is 2.42. The lowest BCUT2D eigenvalue weighted by atomic mass is 10.1. The van der Waals surface area contributed by atoms with Crippen LogP contribution in [0, 0.1) is 6.92 Å². The number of hydrogen-bond donors (Lipinski definition) is 0. The highest BCUT2D eigenvalue weighted by molar-refractivity contribution is 5.08. The van der Waals surface area contributed by atoms with Gasteiger partial charge in [-0.25, -0.2) is 0 Å². The third-order valence-corrected chi connectivity index (χ3v) is 3.73. The van der Waals surface area contributed by atoms with Crippen LogP contribution in [0.1, 0.15) is 43.8 Å². The first-order chi connectivity index (χ1) is 7.34. The molecule has 0 spiro atoms. The van der Waals surface area contributed by atoms with E-state index in [1.807, 2.05) is 0 Å². The maximum Gasteiger partial charge on any atom is 0.0860 e. The van der Waals surface area contributed by atoms with Crippen LogP contribution in [0.5, 0.6) is 0 Å². The molecule has 3 rings (SSSR count). The van der Waals surface area contributed by atoms with Crippen molar-refractivity contribution in [1.29, 1.82) is 0 Å². The number of aromatic nitrogens is 1. The van der Waals surface area contributed by atoms with E-state index in [4.69, 9.17) is 0 Å². The van der Waals surface area contributed by atoms with Gasteiger partial charge in [0.15, 0.2) is 0 Å². The average Bonchev–Trinajstić information content (AvgIpc) is 3.02. The third kappa shape index (κ3) is 1.83. The van der Waals surface area contributed by atoms with E-state index in [2.05, 4.69) is 34.9 Å². The van der Waals surface area contributed by atoms with Crippen molar-refractivity contribution in [2.75, 3.05) is 6.54 Å². The summed E-state index contributed by atoms with van der Waals surface area (Å²) in [5.74, 6) is 0. The monoisotopic (exact) mass is 204 g/mol. The van der Waals surface area contributed by atoms with Gasteiger partial charge >= 0.3 is 0 Å². The fourth-order valence-electron chi connectivity index (χ4n) is 2.80. The first-order valence-electron chi connectivity index (χ1n) is 6.24. The Morgan fingerprint density at radius 2 is 2.07 bits per heavy atom. The van der Waals surface area contributed by atoms with Gasteiger partial charge in [-0.2, -0.15) is 0 Å². The highest BCUT2D eigenvalue weighted by atomic mass is 15.3. The number of hydrogen-bond acceptors (Lipinski definition) is 1. The minimum atomic E-state index is 0.653. The molecule has 15 heavy (non-hydrogen) atoms. The Hall–Kier alpha value is -0.760. The summed E-state index contributed by atoms with van der Waals surface area (Å²) in [5, 5.41) is 0. The summed E-state index contributed by atoms with van der Waals surface area (Å²) >= 11 is 0. The number of likely N-dealkylation sites (tertiary alicyclic amines) is 1. The largest absolute Gasteiger partial charge is 0.338 e. The van der Waals surface area contributed by atoms with Crippen LogP contribution in [-0.2, 0) is 0 Å². The van der Waals surface area contributed by atoms with E-state index in [1.165, 1.54) is 44.2 Å². The molecule has 1 unspecified atom stereocenters. The van der Waals surface area contributed by atoms with Gasteiger partial charge < -0.3 is 4.57 Å². The van der Waals surface area contributed by atoms with Crippen molar-refractivity contribution in [3.63, 3.8) is 0 Å². The van der Waals surface area contributed by atoms with Crippen LogP contribution < -0.4 is 0 Å². The molecule has 1 aromatic rings. The van der Waals surface area contributed by atoms with Gasteiger partial charge in [0, 0.05) is 25.0 Å². The Morgan fingerprint density at radius 1 is 1.20 bits per heavy atom. The second kappa shape index (κ2) is 3.67. The van der Waals surface area contributed by atoms with E-state index in [-0.39, 0.29) is 0 Å². The summed E-state index contributed by atoms with van der Waals surface area (Å²) in [4.78, 5) is 2.73. The van der Waals surface area contributed by atoms with Crippen LogP contribution in [0.15, 0.2) is 18.5 Å². The van der Waals surface area contributed by atoms with Gasteiger partial charge in [-0.3, -0.25) is 4.90 Å². The van der Waals surface area contributed by atoms with Crippen LogP contribution in [0.4, 0.5) is 0 Å². The van der Waals surface area contributed by atoms with E-state index in [9.17, 15) is 0 Å². The molecule has 0 radical (unpaired) electrons.